The third-order valence-corrected chi connectivity index (χ3v) is 5.62. The highest BCUT2D eigenvalue weighted by atomic mass is 16.3. The minimum atomic E-state index is -0.366. The second-order valence-corrected chi connectivity index (χ2v) is 7.55. The smallest absolute Gasteiger partial charge is 0.0774 e. The van der Waals surface area contributed by atoms with E-state index in [2.05, 4.69) is 23.6 Å². The molecule has 2 atom stereocenters. The van der Waals surface area contributed by atoms with E-state index in [9.17, 15) is 5.11 Å². The van der Waals surface area contributed by atoms with Gasteiger partial charge in [0.05, 0.1) is 5.60 Å². The molecular formula is C16H30N2O. The fraction of sp³-hybridized carbons (Fsp3) is 1.00. The van der Waals surface area contributed by atoms with E-state index in [1.165, 1.54) is 45.4 Å². The van der Waals surface area contributed by atoms with Crippen LogP contribution in [0.3, 0.4) is 0 Å². The number of fused-ring (bicyclic) bond motifs is 1. The lowest BCUT2D eigenvalue weighted by atomic mass is 9.84. The third-order valence-electron chi connectivity index (χ3n) is 5.62. The number of nitrogens with zero attached hydrogens (tertiary/aromatic N) is 2. The molecule has 110 valence electrons. The van der Waals surface area contributed by atoms with Crippen LogP contribution in [0.25, 0.3) is 0 Å². The molecule has 2 saturated heterocycles. The highest BCUT2D eigenvalue weighted by molar-refractivity contribution is 4.96. The molecule has 0 unspecified atom stereocenters. The lowest BCUT2D eigenvalue weighted by Gasteiger charge is -2.36. The maximum Gasteiger partial charge on any atom is 0.0774 e. The van der Waals surface area contributed by atoms with Crippen molar-refractivity contribution in [3.8, 4) is 0 Å². The van der Waals surface area contributed by atoms with E-state index < -0.39 is 0 Å². The first-order valence-electron chi connectivity index (χ1n) is 8.24. The standard InChI is InChI=1S/C16H30N2O/c1-13(2)18-10-14-8-17(9-15(14)11-18)12-16(19)6-4-3-5-7-16/h13-15,19H,3-12H2,1-2H3/t14-,15+. The van der Waals surface area contributed by atoms with E-state index in [0.717, 1.165) is 31.2 Å². The van der Waals surface area contributed by atoms with Crippen molar-refractivity contribution in [3.63, 3.8) is 0 Å². The van der Waals surface area contributed by atoms with Gasteiger partial charge in [-0.15, -0.1) is 0 Å². The van der Waals surface area contributed by atoms with Crippen molar-refractivity contribution < 1.29 is 5.11 Å². The molecule has 3 rings (SSSR count). The average molecular weight is 266 g/mol. The molecule has 1 aliphatic carbocycles. The predicted molar refractivity (Wildman–Crippen MR) is 78.2 cm³/mol. The molecule has 2 aliphatic heterocycles. The molecule has 19 heavy (non-hydrogen) atoms. The van der Waals surface area contributed by atoms with Gasteiger partial charge < -0.3 is 10.0 Å². The van der Waals surface area contributed by atoms with Crippen molar-refractivity contribution in [2.75, 3.05) is 32.7 Å². The Bertz CT molecular complexity index is 298. The number of likely N-dealkylation sites (tertiary alicyclic amines) is 2. The Morgan fingerprint density at radius 3 is 2.11 bits per heavy atom. The highest BCUT2D eigenvalue weighted by Crippen LogP contribution is 2.35. The Balaban J connectivity index is 1.51. The molecule has 0 amide bonds. The van der Waals surface area contributed by atoms with Crippen LogP contribution in [0.5, 0.6) is 0 Å². The largest absolute Gasteiger partial charge is 0.389 e. The molecule has 1 N–H and O–H groups in total. The van der Waals surface area contributed by atoms with Crippen LogP contribution < -0.4 is 0 Å². The summed E-state index contributed by atoms with van der Waals surface area (Å²) in [7, 11) is 0. The topological polar surface area (TPSA) is 26.7 Å². The zero-order valence-electron chi connectivity index (χ0n) is 12.6. The summed E-state index contributed by atoms with van der Waals surface area (Å²) < 4.78 is 0. The SMILES string of the molecule is CC(C)N1C[C@H]2CN(CC3(O)CCCCC3)C[C@H]2C1. The minimum absolute atomic E-state index is 0.366. The second kappa shape index (κ2) is 5.34. The lowest BCUT2D eigenvalue weighted by molar-refractivity contribution is -0.0235. The van der Waals surface area contributed by atoms with E-state index in [1.54, 1.807) is 0 Å². The molecule has 3 aliphatic rings. The van der Waals surface area contributed by atoms with Crippen molar-refractivity contribution in [1.29, 1.82) is 0 Å². The van der Waals surface area contributed by atoms with Gasteiger partial charge in [-0.05, 0) is 38.5 Å². The van der Waals surface area contributed by atoms with Crippen molar-refractivity contribution in [1.82, 2.24) is 9.80 Å². The molecule has 3 fully saturated rings. The van der Waals surface area contributed by atoms with Crippen LogP contribution in [-0.4, -0.2) is 59.3 Å². The van der Waals surface area contributed by atoms with Gasteiger partial charge in [0.15, 0.2) is 0 Å². The molecule has 0 aromatic carbocycles. The van der Waals surface area contributed by atoms with Gasteiger partial charge in [-0.3, -0.25) is 4.90 Å². The quantitative estimate of drug-likeness (QED) is 0.846. The van der Waals surface area contributed by atoms with Gasteiger partial charge in [0, 0.05) is 38.8 Å². The normalized spacial score (nSPS) is 36.0. The molecule has 3 heteroatoms. The Hall–Kier alpha value is -0.120. The zero-order chi connectivity index (χ0) is 13.5. The fourth-order valence-electron chi connectivity index (χ4n) is 4.46. The van der Waals surface area contributed by atoms with Crippen LogP contribution in [0.1, 0.15) is 46.0 Å². The highest BCUT2D eigenvalue weighted by Gasteiger charge is 2.42. The van der Waals surface area contributed by atoms with Crippen LogP contribution in [0.15, 0.2) is 0 Å². The van der Waals surface area contributed by atoms with Gasteiger partial charge in [0.25, 0.3) is 0 Å². The monoisotopic (exact) mass is 266 g/mol. The van der Waals surface area contributed by atoms with Gasteiger partial charge in [-0.25, -0.2) is 0 Å². The van der Waals surface area contributed by atoms with Crippen LogP contribution >= 0.6 is 0 Å². The summed E-state index contributed by atoms with van der Waals surface area (Å²) in [6.45, 7) is 10.5. The Labute approximate surface area is 118 Å². The van der Waals surface area contributed by atoms with E-state index >= 15 is 0 Å². The molecule has 0 spiro atoms. The Kier molecular flexibility index (Phi) is 3.89. The van der Waals surface area contributed by atoms with Gasteiger partial charge in [-0.2, -0.15) is 0 Å². The molecule has 1 saturated carbocycles. The first-order valence-corrected chi connectivity index (χ1v) is 8.24. The molecule has 2 heterocycles. The van der Waals surface area contributed by atoms with Crippen molar-refractivity contribution >= 4 is 0 Å². The Morgan fingerprint density at radius 1 is 1.00 bits per heavy atom. The maximum absolute atomic E-state index is 10.7. The Morgan fingerprint density at radius 2 is 1.58 bits per heavy atom. The third kappa shape index (κ3) is 2.98. The first-order chi connectivity index (χ1) is 9.06. The molecular weight excluding hydrogens is 236 g/mol. The van der Waals surface area contributed by atoms with E-state index in [0.29, 0.717) is 6.04 Å². The van der Waals surface area contributed by atoms with Gasteiger partial charge >= 0.3 is 0 Å². The molecule has 0 bridgehead atoms. The van der Waals surface area contributed by atoms with Crippen LogP contribution in [0.4, 0.5) is 0 Å². The fourth-order valence-corrected chi connectivity index (χ4v) is 4.46. The number of β-amino-alcohol motifs (C(OH)–C–C–N with tert-alkyl or cyclic N) is 1. The summed E-state index contributed by atoms with van der Waals surface area (Å²) in [5.41, 5.74) is -0.366. The molecule has 0 aromatic rings. The summed E-state index contributed by atoms with van der Waals surface area (Å²) in [6, 6.07) is 0.696. The molecule has 0 radical (unpaired) electrons. The van der Waals surface area contributed by atoms with Crippen LogP contribution in [0, 0.1) is 11.8 Å². The first kappa shape index (κ1) is 13.8. The van der Waals surface area contributed by atoms with E-state index in [1.807, 2.05) is 0 Å². The van der Waals surface area contributed by atoms with Gasteiger partial charge in [0.1, 0.15) is 0 Å². The second-order valence-electron chi connectivity index (χ2n) is 7.55. The number of aliphatic hydroxyl groups is 1. The summed E-state index contributed by atoms with van der Waals surface area (Å²) in [6.07, 6.45) is 5.81. The molecule has 3 nitrogen and oxygen atoms in total. The van der Waals surface area contributed by atoms with Crippen molar-refractivity contribution in [3.05, 3.63) is 0 Å². The summed E-state index contributed by atoms with van der Waals surface area (Å²) >= 11 is 0. The summed E-state index contributed by atoms with van der Waals surface area (Å²) in [5.74, 6) is 1.71. The maximum atomic E-state index is 10.7. The van der Waals surface area contributed by atoms with E-state index in [-0.39, 0.29) is 5.60 Å². The van der Waals surface area contributed by atoms with E-state index in [4.69, 9.17) is 0 Å². The lowest BCUT2D eigenvalue weighted by Crippen LogP contribution is -2.44. The number of rotatable bonds is 3. The zero-order valence-corrected chi connectivity index (χ0v) is 12.6. The average Bonchev–Trinajstić information content (AvgIpc) is 2.86. The van der Waals surface area contributed by atoms with Crippen molar-refractivity contribution in [2.45, 2.75) is 57.6 Å². The number of hydrogen-bond acceptors (Lipinski definition) is 3. The number of hydrogen-bond donors (Lipinski definition) is 1. The summed E-state index contributed by atoms with van der Waals surface area (Å²) in [4.78, 5) is 5.18. The van der Waals surface area contributed by atoms with Crippen LogP contribution in [-0.2, 0) is 0 Å². The van der Waals surface area contributed by atoms with Gasteiger partial charge in [-0.1, -0.05) is 19.3 Å². The van der Waals surface area contributed by atoms with Crippen molar-refractivity contribution in [2.24, 2.45) is 11.8 Å². The van der Waals surface area contributed by atoms with Crippen LogP contribution in [0.2, 0.25) is 0 Å². The molecule has 0 aromatic heterocycles. The minimum Gasteiger partial charge on any atom is -0.389 e. The summed E-state index contributed by atoms with van der Waals surface area (Å²) in [5, 5.41) is 10.7. The predicted octanol–water partition coefficient (Wildman–Crippen LogP) is 1.95. The van der Waals surface area contributed by atoms with Gasteiger partial charge in [0.2, 0.25) is 0 Å².